The highest BCUT2D eigenvalue weighted by Gasteiger charge is 2.13. The predicted octanol–water partition coefficient (Wildman–Crippen LogP) is 4.47. The van der Waals surface area contributed by atoms with E-state index in [4.69, 9.17) is 4.74 Å². The molecular weight excluding hydrogens is 336 g/mol. The van der Waals surface area contributed by atoms with Crippen molar-refractivity contribution in [1.82, 2.24) is 5.32 Å². The number of benzene rings is 3. The van der Waals surface area contributed by atoms with Crippen molar-refractivity contribution in [3.8, 4) is 5.75 Å². The zero-order chi connectivity index (χ0) is 18.4. The lowest BCUT2D eigenvalue weighted by atomic mass is 10.1. The molecule has 3 rings (SSSR count). The number of carbonyl (C=O) groups is 1. The van der Waals surface area contributed by atoms with Gasteiger partial charge in [-0.05, 0) is 23.8 Å². The van der Waals surface area contributed by atoms with Gasteiger partial charge in [-0.3, -0.25) is 4.79 Å². The Bertz CT molecular complexity index is 898. The van der Waals surface area contributed by atoms with Gasteiger partial charge >= 0.3 is 0 Å². The first-order chi connectivity index (χ1) is 12.6. The van der Waals surface area contributed by atoms with Crippen LogP contribution in [0.25, 0.3) is 0 Å². The molecule has 0 aliphatic carbocycles. The lowest BCUT2D eigenvalue weighted by Gasteiger charge is -2.12. The normalized spacial score (nSPS) is 10.4. The molecule has 0 aliphatic rings. The summed E-state index contributed by atoms with van der Waals surface area (Å²) in [6, 6.07) is 20.1. The average Bonchev–Trinajstić information content (AvgIpc) is 2.68. The fourth-order valence-corrected chi connectivity index (χ4v) is 2.47. The summed E-state index contributed by atoms with van der Waals surface area (Å²) in [5, 5.41) is 2.82. The molecular formula is C21H17F2NO2. The summed E-state index contributed by atoms with van der Waals surface area (Å²) in [7, 11) is 0. The lowest BCUT2D eigenvalue weighted by molar-refractivity contribution is 0.0946. The van der Waals surface area contributed by atoms with Gasteiger partial charge in [-0.25, -0.2) is 8.78 Å². The largest absolute Gasteiger partial charge is 0.488 e. The maximum atomic E-state index is 13.7. The summed E-state index contributed by atoms with van der Waals surface area (Å²) >= 11 is 0. The molecule has 0 saturated heterocycles. The summed E-state index contributed by atoms with van der Waals surface area (Å²) in [5.74, 6) is -1.87. The molecule has 0 aromatic heterocycles. The van der Waals surface area contributed by atoms with E-state index in [2.05, 4.69) is 5.32 Å². The fraction of sp³-hybridized carbons (Fsp3) is 0.0952. The van der Waals surface area contributed by atoms with Crippen molar-refractivity contribution in [2.45, 2.75) is 13.2 Å². The van der Waals surface area contributed by atoms with E-state index in [1.54, 1.807) is 24.3 Å². The van der Waals surface area contributed by atoms with E-state index >= 15 is 0 Å². The molecule has 0 heterocycles. The van der Waals surface area contributed by atoms with Crippen molar-refractivity contribution in [3.05, 3.63) is 101 Å². The van der Waals surface area contributed by atoms with Gasteiger partial charge in [0.05, 0.1) is 5.56 Å². The van der Waals surface area contributed by atoms with Crippen molar-refractivity contribution in [2.24, 2.45) is 0 Å². The smallest absolute Gasteiger partial charge is 0.255 e. The van der Waals surface area contributed by atoms with Crippen LogP contribution >= 0.6 is 0 Å². The molecule has 5 heteroatoms. The van der Waals surface area contributed by atoms with Gasteiger partial charge in [0.15, 0.2) is 11.6 Å². The molecule has 0 radical (unpaired) electrons. The van der Waals surface area contributed by atoms with Gasteiger partial charge in [0.2, 0.25) is 0 Å². The van der Waals surface area contributed by atoms with Crippen LogP contribution in [-0.2, 0) is 13.2 Å². The Morgan fingerprint density at radius 3 is 2.42 bits per heavy atom. The maximum absolute atomic E-state index is 13.7. The first-order valence-electron chi connectivity index (χ1n) is 8.12. The van der Waals surface area contributed by atoms with E-state index in [1.165, 1.54) is 12.1 Å². The number of amides is 1. The third kappa shape index (κ3) is 4.25. The van der Waals surface area contributed by atoms with E-state index in [0.717, 1.165) is 11.6 Å². The van der Waals surface area contributed by atoms with Gasteiger partial charge in [0.25, 0.3) is 5.91 Å². The minimum Gasteiger partial charge on any atom is -0.488 e. The molecule has 0 spiro atoms. The zero-order valence-corrected chi connectivity index (χ0v) is 13.9. The van der Waals surface area contributed by atoms with Crippen molar-refractivity contribution in [3.63, 3.8) is 0 Å². The van der Waals surface area contributed by atoms with E-state index in [1.807, 2.05) is 30.3 Å². The third-order valence-electron chi connectivity index (χ3n) is 3.84. The SMILES string of the molecule is O=C(NCc1ccccc1)c1ccccc1OCc1cccc(F)c1F. The number of rotatable bonds is 6. The molecule has 1 amide bonds. The van der Waals surface area contributed by atoms with Crippen LogP contribution in [0.4, 0.5) is 8.78 Å². The summed E-state index contributed by atoms with van der Waals surface area (Å²) in [5.41, 5.74) is 1.39. The minimum absolute atomic E-state index is 0.0875. The number of carbonyl (C=O) groups excluding carboxylic acids is 1. The van der Waals surface area contributed by atoms with Crippen LogP contribution in [0.5, 0.6) is 5.75 Å². The number of hydrogen-bond acceptors (Lipinski definition) is 2. The highest BCUT2D eigenvalue weighted by Crippen LogP contribution is 2.21. The van der Waals surface area contributed by atoms with Crippen molar-refractivity contribution >= 4 is 5.91 Å². The molecule has 3 aromatic rings. The van der Waals surface area contributed by atoms with Crippen molar-refractivity contribution in [1.29, 1.82) is 0 Å². The van der Waals surface area contributed by atoms with Gasteiger partial charge in [-0.1, -0.05) is 54.6 Å². The van der Waals surface area contributed by atoms with Gasteiger partial charge in [0, 0.05) is 12.1 Å². The molecule has 0 unspecified atom stereocenters. The second-order valence-corrected chi connectivity index (χ2v) is 5.67. The van der Waals surface area contributed by atoms with Gasteiger partial charge in [-0.15, -0.1) is 0 Å². The van der Waals surface area contributed by atoms with Crippen LogP contribution in [0, 0.1) is 11.6 Å². The number of para-hydroxylation sites is 1. The summed E-state index contributed by atoms with van der Waals surface area (Å²) in [6.07, 6.45) is 0. The van der Waals surface area contributed by atoms with Crippen LogP contribution in [-0.4, -0.2) is 5.91 Å². The Morgan fingerprint density at radius 2 is 1.62 bits per heavy atom. The molecule has 3 nitrogen and oxygen atoms in total. The first-order valence-corrected chi connectivity index (χ1v) is 8.12. The van der Waals surface area contributed by atoms with Crippen LogP contribution in [0.3, 0.4) is 0 Å². The molecule has 0 aliphatic heterocycles. The average molecular weight is 353 g/mol. The molecule has 132 valence electrons. The highest BCUT2D eigenvalue weighted by molar-refractivity contribution is 5.96. The number of hydrogen-bond donors (Lipinski definition) is 1. The fourth-order valence-electron chi connectivity index (χ4n) is 2.47. The van der Waals surface area contributed by atoms with E-state index in [0.29, 0.717) is 17.9 Å². The maximum Gasteiger partial charge on any atom is 0.255 e. The van der Waals surface area contributed by atoms with Crippen LogP contribution in [0.2, 0.25) is 0 Å². The lowest BCUT2D eigenvalue weighted by Crippen LogP contribution is -2.23. The number of nitrogens with one attached hydrogen (secondary N) is 1. The van der Waals surface area contributed by atoms with Crippen molar-refractivity contribution in [2.75, 3.05) is 0 Å². The third-order valence-corrected chi connectivity index (χ3v) is 3.84. The Balaban J connectivity index is 1.69. The molecule has 0 saturated carbocycles. The van der Waals surface area contributed by atoms with Crippen molar-refractivity contribution < 1.29 is 18.3 Å². The molecule has 0 bridgehead atoms. The zero-order valence-electron chi connectivity index (χ0n) is 13.9. The van der Waals surface area contributed by atoms with Crippen LogP contribution in [0.1, 0.15) is 21.5 Å². The molecule has 0 fully saturated rings. The molecule has 1 N–H and O–H groups in total. The van der Waals surface area contributed by atoms with E-state index in [-0.39, 0.29) is 18.1 Å². The predicted molar refractivity (Wildman–Crippen MR) is 94.7 cm³/mol. The minimum atomic E-state index is -0.946. The summed E-state index contributed by atoms with van der Waals surface area (Å²) < 4.78 is 32.6. The Hall–Kier alpha value is -3.21. The highest BCUT2D eigenvalue weighted by atomic mass is 19.2. The Kier molecular flexibility index (Phi) is 5.59. The van der Waals surface area contributed by atoms with Crippen LogP contribution in [0.15, 0.2) is 72.8 Å². The molecule has 26 heavy (non-hydrogen) atoms. The standard InChI is InChI=1S/C21H17F2NO2/c22-18-11-6-9-16(20(18)23)14-26-19-12-5-4-10-17(19)21(25)24-13-15-7-2-1-3-8-15/h1-12H,13-14H2,(H,24,25). The van der Waals surface area contributed by atoms with E-state index in [9.17, 15) is 13.6 Å². The Morgan fingerprint density at radius 1 is 0.885 bits per heavy atom. The first kappa shape index (κ1) is 17.6. The second-order valence-electron chi connectivity index (χ2n) is 5.67. The number of halogens is 2. The Labute approximate surface area is 150 Å². The monoisotopic (exact) mass is 353 g/mol. The molecule has 3 aromatic carbocycles. The van der Waals surface area contributed by atoms with Gasteiger partial charge in [-0.2, -0.15) is 0 Å². The molecule has 0 atom stereocenters. The van der Waals surface area contributed by atoms with Gasteiger partial charge < -0.3 is 10.1 Å². The van der Waals surface area contributed by atoms with Crippen LogP contribution < -0.4 is 10.1 Å². The number of ether oxygens (including phenoxy) is 1. The quantitative estimate of drug-likeness (QED) is 0.710. The summed E-state index contributed by atoms with van der Waals surface area (Å²) in [4.78, 5) is 12.4. The second kappa shape index (κ2) is 8.25. The summed E-state index contributed by atoms with van der Waals surface area (Å²) in [6.45, 7) is 0.207. The van der Waals surface area contributed by atoms with Gasteiger partial charge in [0.1, 0.15) is 12.4 Å². The topological polar surface area (TPSA) is 38.3 Å². The van der Waals surface area contributed by atoms with E-state index < -0.39 is 11.6 Å².